The third-order valence-electron chi connectivity index (χ3n) is 5.91. The van der Waals surface area contributed by atoms with E-state index in [0.717, 1.165) is 32.1 Å². The van der Waals surface area contributed by atoms with E-state index in [2.05, 4.69) is 12.1 Å². The van der Waals surface area contributed by atoms with E-state index in [0.29, 0.717) is 11.8 Å². The van der Waals surface area contributed by atoms with E-state index < -0.39 is 0 Å². The van der Waals surface area contributed by atoms with Crippen LogP contribution in [0.1, 0.15) is 57.8 Å². The number of nitriles is 2. The Labute approximate surface area is 104 Å². The van der Waals surface area contributed by atoms with Crippen LogP contribution in [-0.4, -0.2) is 0 Å². The molecule has 90 valence electrons. The lowest BCUT2D eigenvalue weighted by molar-refractivity contribution is 0.0521. The lowest BCUT2D eigenvalue weighted by atomic mass is 9.53. The molecular weight excluding hydrogens is 208 g/mol. The fourth-order valence-electron chi connectivity index (χ4n) is 5.14. The average molecular weight is 228 g/mol. The molecule has 17 heavy (non-hydrogen) atoms. The van der Waals surface area contributed by atoms with Crippen molar-refractivity contribution in [1.29, 1.82) is 10.5 Å². The van der Waals surface area contributed by atoms with E-state index in [-0.39, 0.29) is 10.8 Å². The average Bonchev–Trinajstić information content (AvgIpc) is 2.70. The summed E-state index contributed by atoms with van der Waals surface area (Å²) < 4.78 is 0. The summed E-state index contributed by atoms with van der Waals surface area (Å²) in [5, 5.41) is 19.6. The Hall–Kier alpha value is -1.02. The Morgan fingerprint density at radius 1 is 0.765 bits per heavy atom. The van der Waals surface area contributed by atoms with E-state index in [9.17, 15) is 10.5 Å². The van der Waals surface area contributed by atoms with Gasteiger partial charge in [0.15, 0.2) is 0 Å². The van der Waals surface area contributed by atoms with Crippen LogP contribution in [0, 0.1) is 45.3 Å². The molecule has 0 N–H and O–H groups in total. The van der Waals surface area contributed by atoms with E-state index >= 15 is 0 Å². The summed E-state index contributed by atoms with van der Waals surface area (Å²) in [4.78, 5) is 0. The molecule has 0 amide bonds. The van der Waals surface area contributed by atoms with E-state index in [1.165, 1.54) is 25.7 Å². The second-order valence-corrected chi connectivity index (χ2v) is 6.29. The molecule has 0 aliphatic heterocycles. The lowest BCUT2D eigenvalue weighted by Crippen LogP contribution is -2.45. The maximum absolute atomic E-state index is 9.79. The number of nitrogens with zero attached hydrogens (tertiary/aromatic N) is 2. The number of hydrogen-bond donors (Lipinski definition) is 0. The van der Waals surface area contributed by atoms with Crippen LogP contribution in [0.4, 0.5) is 0 Å². The van der Waals surface area contributed by atoms with Crippen LogP contribution in [-0.2, 0) is 0 Å². The van der Waals surface area contributed by atoms with Crippen LogP contribution in [0.15, 0.2) is 0 Å². The second kappa shape index (κ2) is 3.74. The molecule has 3 aliphatic rings. The predicted octanol–water partition coefficient (Wildman–Crippen LogP) is 3.79. The van der Waals surface area contributed by atoms with Gasteiger partial charge in [0.05, 0.1) is 23.0 Å². The number of rotatable bonds is 0. The largest absolute Gasteiger partial charge is 0.198 e. The van der Waals surface area contributed by atoms with Gasteiger partial charge in [-0.3, -0.25) is 0 Å². The summed E-state index contributed by atoms with van der Waals surface area (Å²) in [6, 6.07) is 5.30. The Morgan fingerprint density at radius 3 is 1.65 bits per heavy atom. The maximum atomic E-state index is 9.79. The SMILES string of the molecule is N#C[C@]12CCCC[C@@H]1C[C@@H]1CCCC[C@]12C#N. The normalized spacial score (nSPS) is 48.6. The van der Waals surface area contributed by atoms with Crippen LogP contribution < -0.4 is 0 Å². The highest BCUT2D eigenvalue weighted by atomic mass is 14.7. The third-order valence-corrected chi connectivity index (χ3v) is 5.91. The molecule has 3 fully saturated rings. The van der Waals surface area contributed by atoms with Gasteiger partial charge in [0.2, 0.25) is 0 Å². The monoisotopic (exact) mass is 228 g/mol. The smallest absolute Gasteiger partial charge is 0.0790 e. The van der Waals surface area contributed by atoms with Crippen LogP contribution >= 0.6 is 0 Å². The molecule has 3 saturated carbocycles. The van der Waals surface area contributed by atoms with Crippen LogP contribution in [0.25, 0.3) is 0 Å². The zero-order valence-electron chi connectivity index (χ0n) is 10.4. The number of fused-ring (bicyclic) bond motifs is 3. The van der Waals surface area contributed by atoms with Gasteiger partial charge in [0.25, 0.3) is 0 Å². The molecule has 2 nitrogen and oxygen atoms in total. The molecule has 0 bridgehead atoms. The van der Waals surface area contributed by atoms with Crippen molar-refractivity contribution >= 4 is 0 Å². The van der Waals surface area contributed by atoms with Gasteiger partial charge in [0.1, 0.15) is 0 Å². The standard InChI is InChI=1S/C15H20N2/c16-10-14-7-3-1-5-12(14)9-13-6-2-4-8-15(13,14)11-17/h12-13H,1-9H2/t12-,13+,14-,15+. The maximum Gasteiger partial charge on any atom is 0.0790 e. The highest BCUT2D eigenvalue weighted by molar-refractivity contribution is 5.28. The molecule has 0 radical (unpaired) electrons. The van der Waals surface area contributed by atoms with Crippen molar-refractivity contribution in [3.05, 3.63) is 0 Å². The van der Waals surface area contributed by atoms with E-state index in [1.807, 2.05) is 0 Å². The fraction of sp³-hybridized carbons (Fsp3) is 0.867. The van der Waals surface area contributed by atoms with Crippen molar-refractivity contribution in [2.24, 2.45) is 22.7 Å². The molecular formula is C15H20N2. The summed E-state index contributed by atoms with van der Waals surface area (Å²) >= 11 is 0. The van der Waals surface area contributed by atoms with Crippen LogP contribution in [0.5, 0.6) is 0 Å². The first-order valence-corrected chi connectivity index (χ1v) is 7.11. The summed E-state index contributed by atoms with van der Waals surface area (Å²) in [6.07, 6.45) is 10.3. The number of hydrogen-bond acceptors (Lipinski definition) is 2. The van der Waals surface area contributed by atoms with Crippen molar-refractivity contribution in [2.45, 2.75) is 57.8 Å². The Balaban J connectivity index is 2.09. The third kappa shape index (κ3) is 1.19. The highest BCUT2D eigenvalue weighted by Gasteiger charge is 2.66. The van der Waals surface area contributed by atoms with Crippen molar-refractivity contribution in [2.75, 3.05) is 0 Å². The first kappa shape index (κ1) is 11.1. The molecule has 3 aliphatic carbocycles. The topological polar surface area (TPSA) is 47.6 Å². The Bertz CT molecular complexity index is 364. The van der Waals surface area contributed by atoms with Crippen molar-refractivity contribution in [1.82, 2.24) is 0 Å². The zero-order valence-corrected chi connectivity index (χ0v) is 10.4. The Morgan fingerprint density at radius 2 is 1.24 bits per heavy atom. The molecule has 0 unspecified atom stereocenters. The molecule has 0 spiro atoms. The van der Waals surface area contributed by atoms with Gasteiger partial charge in [-0.15, -0.1) is 0 Å². The van der Waals surface area contributed by atoms with Gasteiger partial charge in [-0.05, 0) is 43.9 Å². The highest BCUT2D eigenvalue weighted by Crippen LogP contribution is 2.68. The minimum atomic E-state index is -0.287. The second-order valence-electron chi connectivity index (χ2n) is 6.29. The molecule has 0 aromatic rings. The first-order valence-electron chi connectivity index (χ1n) is 7.11. The van der Waals surface area contributed by atoms with Gasteiger partial charge in [-0.2, -0.15) is 10.5 Å². The van der Waals surface area contributed by atoms with Crippen molar-refractivity contribution < 1.29 is 0 Å². The van der Waals surface area contributed by atoms with Crippen molar-refractivity contribution in [3.8, 4) is 12.1 Å². The van der Waals surface area contributed by atoms with Gasteiger partial charge in [0, 0.05) is 0 Å². The fourth-order valence-corrected chi connectivity index (χ4v) is 5.14. The minimum absolute atomic E-state index is 0.287. The summed E-state index contributed by atoms with van der Waals surface area (Å²) in [6.45, 7) is 0. The summed E-state index contributed by atoms with van der Waals surface area (Å²) in [5.41, 5.74) is -0.573. The molecule has 4 atom stereocenters. The Kier molecular flexibility index (Phi) is 2.44. The molecule has 0 heterocycles. The minimum Gasteiger partial charge on any atom is -0.198 e. The first-order chi connectivity index (χ1) is 8.29. The van der Waals surface area contributed by atoms with Gasteiger partial charge < -0.3 is 0 Å². The van der Waals surface area contributed by atoms with Crippen molar-refractivity contribution in [3.63, 3.8) is 0 Å². The van der Waals surface area contributed by atoms with Gasteiger partial charge in [-0.1, -0.05) is 25.7 Å². The molecule has 3 rings (SSSR count). The van der Waals surface area contributed by atoms with E-state index in [4.69, 9.17) is 0 Å². The molecule has 2 heteroatoms. The van der Waals surface area contributed by atoms with Crippen LogP contribution in [0.3, 0.4) is 0 Å². The summed E-state index contributed by atoms with van der Waals surface area (Å²) in [5.74, 6) is 1.04. The molecule has 0 saturated heterocycles. The predicted molar refractivity (Wildman–Crippen MR) is 64.6 cm³/mol. The summed E-state index contributed by atoms with van der Waals surface area (Å²) in [7, 11) is 0. The van der Waals surface area contributed by atoms with Crippen LogP contribution in [0.2, 0.25) is 0 Å². The van der Waals surface area contributed by atoms with Gasteiger partial charge >= 0.3 is 0 Å². The van der Waals surface area contributed by atoms with E-state index in [1.54, 1.807) is 0 Å². The quantitative estimate of drug-likeness (QED) is 0.633. The van der Waals surface area contributed by atoms with Gasteiger partial charge in [-0.25, -0.2) is 0 Å². The lowest BCUT2D eigenvalue weighted by Gasteiger charge is -2.45. The molecule has 0 aromatic heterocycles. The molecule has 0 aromatic carbocycles. The zero-order chi connectivity index (χ0) is 11.9.